The van der Waals surface area contributed by atoms with Crippen molar-refractivity contribution in [1.82, 2.24) is 0 Å². The van der Waals surface area contributed by atoms with Gasteiger partial charge in [-0.15, -0.1) is 11.8 Å². The molecule has 0 aromatic heterocycles. The van der Waals surface area contributed by atoms with E-state index in [4.69, 9.17) is 0 Å². The van der Waals surface area contributed by atoms with E-state index in [2.05, 4.69) is 15.9 Å². The number of hydrogen-bond acceptors (Lipinski definition) is 1. The molecule has 0 atom stereocenters. The first-order valence-corrected chi connectivity index (χ1v) is 5.27. The van der Waals surface area contributed by atoms with Gasteiger partial charge in [-0.2, -0.15) is 0 Å². The summed E-state index contributed by atoms with van der Waals surface area (Å²) < 4.78 is 26.6. The fourth-order valence-corrected chi connectivity index (χ4v) is 1.87. The molecule has 66 valence electrons. The average molecular weight is 253 g/mol. The van der Waals surface area contributed by atoms with Gasteiger partial charge in [0.2, 0.25) is 0 Å². The molecule has 0 bridgehead atoms. The molecule has 0 aliphatic heterocycles. The van der Waals surface area contributed by atoms with Crippen LogP contribution in [0.15, 0.2) is 15.4 Å². The molecule has 0 heterocycles. The summed E-state index contributed by atoms with van der Waals surface area (Å²) in [6.07, 6.45) is 1.71. The van der Waals surface area contributed by atoms with Crippen molar-refractivity contribution in [3.8, 4) is 0 Å². The minimum atomic E-state index is -0.770. The molecule has 4 heteroatoms. The lowest BCUT2D eigenvalue weighted by atomic mass is 10.2. The van der Waals surface area contributed by atoms with Crippen molar-refractivity contribution in [2.75, 3.05) is 6.26 Å². The van der Waals surface area contributed by atoms with Gasteiger partial charge < -0.3 is 0 Å². The zero-order valence-electron chi connectivity index (χ0n) is 6.62. The molecule has 0 saturated carbocycles. The van der Waals surface area contributed by atoms with Crippen LogP contribution in [0.2, 0.25) is 0 Å². The number of rotatable bonds is 1. The maximum absolute atomic E-state index is 13.0. The molecule has 1 aromatic carbocycles. The van der Waals surface area contributed by atoms with Crippen molar-refractivity contribution >= 4 is 27.7 Å². The highest BCUT2D eigenvalue weighted by Crippen LogP contribution is 2.29. The predicted molar refractivity (Wildman–Crippen MR) is 50.6 cm³/mol. The molecule has 0 fully saturated rings. The standard InChI is InChI=1S/C8H7BrF2S/c1-4-5(9)3-6(12-2)8(11)7(4)10/h3H,1-2H3. The van der Waals surface area contributed by atoms with E-state index in [0.29, 0.717) is 14.9 Å². The summed E-state index contributed by atoms with van der Waals surface area (Å²) in [6, 6.07) is 1.58. The lowest BCUT2D eigenvalue weighted by Gasteiger charge is -2.05. The maximum Gasteiger partial charge on any atom is 0.172 e. The number of benzene rings is 1. The van der Waals surface area contributed by atoms with Gasteiger partial charge in [-0.1, -0.05) is 15.9 Å². The fraction of sp³-hybridized carbons (Fsp3) is 0.250. The van der Waals surface area contributed by atoms with Crippen LogP contribution in [0, 0.1) is 18.6 Å². The van der Waals surface area contributed by atoms with E-state index in [-0.39, 0.29) is 0 Å². The van der Waals surface area contributed by atoms with Crippen molar-refractivity contribution < 1.29 is 8.78 Å². The van der Waals surface area contributed by atoms with Gasteiger partial charge in [0, 0.05) is 14.9 Å². The van der Waals surface area contributed by atoms with E-state index >= 15 is 0 Å². The van der Waals surface area contributed by atoms with Crippen LogP contribution < -0.4 is 0 Å². The van der Waals surface area contributed by atoms with Crippen LogP contribution in [0.25, 0.3) is 0 Å². The third kappa shape index (κ3) is 1.64. The number of hydrogen-bond donors (Lipinski definition) is 0. The van der Waals surface area contributed by atoms with Gasteiger partial charge in [0.1, 0.15) is 0 Å². The Morgan fingerprint density at radius 3 is 2.42 bits per heavy atom. The Hall–Kier alpha value is -0.0900. The van der Waals surface area contributed by atoms with Crippen LogP contribution in [-0.4, -0.2) is 6.26 Å². The summed E-state index contributed by atoms with van der Waals surface area (Å²) >= 11 is 4.34. The first-order valence-electron chi connectivity index (χ1n) is 3.26. The Bertz CT molecular complexity index is 312. The number of thioether (sulfide) groups is 1. The first kappa shape index (κ1) is 9.99. The summed E-state index contributed by atoms with van der Waals surface area (Å²) in [5.74, 6) is -1.53. The molecule has 0 spiro atoms. The van der Waals surface area contributed by atoms with Gasteiger partial charge in [-0.25, -0.2) is 8.78 Å². The lowest BCUT2D eigenvalue weighted by molar-refractivity contribution is 0.485. The van der Waals surface area contributed by atoms with Crippen LogP contribution >= 0.6 is 27.7 Å². The van der Waals surface area contributed by atoms with Crippen LogP contribution in [0.5, 0.6) is 0 Å². The van der Waals surface area contributed by atoms with Crippen LogP contribution in [0.1, 0.15) is 5.56 Å². The first-order chi connectivity index (χ1) is 5.57. The molecule has 1 aromatic rings. The van der Waals surface area contributed by atoms with Gasteiger partial charge >= 0.3 is 0 Å². The van der Waals surface area contributed by atoms with E-state index in [1.165, 1.54) is 18.7 Å². The summed E-state index contributed by atoms with van der Waals surface area (Å²) in [7, 11) is 0. The van der Waals surface area contributed by atoms with Crippen molar-refractivity contribution in [3.05, 3.63) is 27.7 Å². The Morgan fingerprint density at radius 2 is 1.92 bits per heavy atom. The molecule has 0 N–H and O–H groups in total. The summed E-state index contributed by atoms with van der Waals surface area (Å²) in [5.41, 5.74) is 0.310. The molecule has 0 nitrogen and oxygen atoms in total. The molecular weight excluding hydrogens is 246 g/mol. The third-order valence-electron chi connectivity index (χ3n) is 1.57. The van der Waals surface area contributed by atoms with E-state index in [9.17, 15) is 8.78 Å². The SMILES string of the molecule is CSc1cc(Br)c(C)c(F)c1F. The highest BCUT2D eigenvalue weighted by Gasteiger charge is 2.13. The molecule has 0 amide bonds. The highest BCUT2D eigenvalue weighted by atomic mass is 79.9. The minimum absolute atomic E-state index is 0.310. The maximum atomic E-state index is 13.0. The second-order valence-corrected chi connectivity index (χ2v) is 4.02. The van der Waals surface area contributed by atoms with Gasteiger partial charge in [0.25, 0.3) is 0 Å². The molecular formula is C8H7BrF2S. The molecule has 0 unspecified atom stereocenters. The summed E-state index contributed by atoms with van der Waals surface area (Å²) in [6.45, 7) is 1.53. The van der Waals surface area contributed by atoms with E-state index < -0.39 is 11.6 Å². The third-order valence-corrected chi connectivity index (χ3v) is 3.13. The Morgan fingerprint density at radius 1 is 1.33 bits per heavy atom. The van der Waals surface area contributed by atoms with Crippen LogP contribution in [0.4, 0.5) is 8.78 Å². The second kappa shape index (κ2) is 3.75. The quantitative estimate of drug-likeness (QED) is 0.542. The molecule has 1 rings (SSSR count). The van der Waals surface area contributed by atoms with E-state index in [1.807, 2.05) is 0 Å². The van der Waals surface area contributed by atoms with Crippen LogP contribution in [0.3, 0.4) is 0 Å². The monoisotopic (exact) mass is 252 g/mol. The zero-order chi connectivity index (χ0) is 9.30. The highest BCUT2D eigenvalue weighted by molar-refractivity contribution is 9.10. The molecule has 0 saturated heterocycles. The molecule has 0 radical (unpaired) electrons. The lowest BCUT2D eigenvalue weighted by Crippen LogP contribution is -1.92. The van der Waals surface area contributed by atoms with Gasteiger partial charge in [0.05, 0.1) is 0 Å². The zero-order valence-corrected chi connectivity index (χ0v) is 9.02. The summed E-state index contributed by atoms with van der Waals surface area (Å²) in [4.78, 5) is 0.324. The van der Waals surface area contributed by atoms with E-state index in [1.54, 1.807) is 12.3 Å². The van der Waals surface area contributed by atoms with Crippen LogP contribution in [-0.2, 0) is 0 Å². The van der Waals surface area contributed by atoms with Crippen molar-refractivity contribution in [2.24, 2.45) is 0 Å². The van der Waals surface area contributed by atoms with Crippen molar-refractivity contribution in [1.29, 1.82) is 0 Å². The average Bonchev–Trinajstić information content (AvgIpc) is 2.08. The topological polar surface area (TPSA) is 0 Å². The summed E-state index contributed by atoms with van der Waals surface area (Å²) in [5, 5.41) is 0. The van der Waals surface area contributed by atoms with Crippen molar-refractivity contribution in [3.63, 3.8) is 0 Å². The minimum Gasteiger partial charge on any atom is -0.203 e. The Balaban J connectivity index is 3.39. The second-order valence-electron chi connectivity index (χ2n) is 2.31. The predicted octanol–water partition coefficient (Wildman–Crippen LogP) is 3.76. The molecule has 12 heavy (non-hydrogen) atoms. The Labute approximate surface area is 82.5 Å². The van der Waals surface area contributed by atoms with Gasteiger partial charge in [-0.3, -0.25) is 0 Å². The van der Waals surface area contributed by atoms with E-state index in [0.717, 1.165) is 0 Å². The fourth-order valence-electron chi connectivity index (χ4n) is 0.813. The van der Waals surface area contributed by atoms with Gasteiger partial charge in [0.15, 0.2) is 11.6 Å². The van der Waals surface area contributed by atoms with Crippen molar-refractivity contribution in [2.45, 2.75) is 11.8 Å². The largest absolute Gasteiger partial charge is 0.203 e. The molecule has 0 aliphatic rings. The Kier molecular flexibility index (Phi) is 3.12. The smallest absolute Gasteiger partial charge is 0.172 e. The number of halogens is 3. The normalized spacial score (nSPS) is 10.4. The molecule has 0 aliphatic carbocycles. The van der Waals surface area contributed by atoms with Gasteiger partial charge in [-0.05, 0) is 19.2 Å².